The van der Waals surface area contributed by atoms with E-state index in [0.29, 0.717) is 23.7 Å². The maximum atomic E-state index is 12.5. The molecule has 0 aliphatic carbocycles. The molecule has 122 valence electrons. The van der Waals surface area contributed by atoms with Crippen molar-refractivity contribution in [2.45, 2.75) is 13.3 Å². The van der Waals surface area contributed by atoms with E-state index in [-0.39, 0.29) is 17.4 Å². The molecule has 2 heterocycles. The minimum Gasteiger partial charge on any atom is -0.399 e. The monoisotopic (exact) mass is 358 g/mol. The molecule has 0 N–H and O–H groups in total. The van der Waals surface area contributed by atoms with Gasteiger partial charge in [-0.2, -0.15) is 0 Å². The van der Waals surface area contributed by atoms with Crippen molar-refractivity contribution < 1.29 is 9.57 Å². The number of nitrogens with zero attached hydrogens (tertiary/aromatic N) is 4. The molecule has 1 aromatic heterocycles. The van der Waals surface area contributed by atoms with Gasteiger partial charge in [0.25, 0.3) is 0 Å². The lowest BCUT2D eigenvalue weighted by molar-refractivity contribution is 0.0119. The highest BCUT2D eigenvalue weighted by Gasteiger charge is 2.22. The highest BCUT2D eigenvalue weighted by molar-refractivity contribution is 6.37. The van der Waals surface area contributed by atoms with Crippen LogP contribution in [0.5, 0.6) is 0 Å². The maximum absolute atomic E-state index is 12.5. The van der Waals surface area contributed by atoms with E-state index in [4.69, 9.17) is 27.9 Å². The zero-order valence-electron chi connectivity index (χ0n) is 12.0. The van der Waals surface area contributed by atoms with Crippen LogP contribution in [0, 0.1) is 0 Å². The van der Waals surface area contributed by atoms with E-state index in [1.54, 1.807) is 0 Å². The van der Waals surface area contributed by atoms with Gasteiger partial charge in [-0.1, -0.05) is 28.4 Å². The second-order valence-corrected chi connectivity index (χ2v) is 5.52. The molecule has 0 fully saturated rings. The highest BCUT2D eigenvalue weighted by atomic mass is 35.5. The van der Waals surface area contributed by atoms with E-state index >= 15 is 0 Å². The average Bonchev–Trinajstić information content (AvgIpc) is 2.79. The zero-order valence-corrected chi connectivity index (χ0v) is 13.5. The molecule has 10 heteroatoms. The first-order valence-corrected chi connectivity index (χ1v) is 7.36. The fourth-order valence-electron chi connectivity index (χ4n) is 2.30. The second-order valence-electron chi connectivity index (χ2n) is 4.70. The van der Waals surface area contributed by atoms with E-state index in [2.05, 4.69) is 9.99 Å². The van der Waals surface area contributed by atoms with Crippen LogP contribution in [-0.4, -0.2) is 33.9 Å². The molecule has 3 rings (SSSR count). The van der Waals surface area contributed by atoms with Gasteiger partial charge in [-0.3, -0.25) is 0 Å². The number of rotatable bonds is 3. The van der Waals surface area contributed by atoms with E-state index in [1.807, 2.05) is 0 Å². The van der Waals surface area contributed by atoms with Gasteiger partial charge in [-0.05, 0) is 12.1 Å². The molecule has 8 nitrogen and oxygen atoms in total. The molecule has 1 aromatic carbocycles. The molecule has 0 amide bonds. The molecule has 23 heavy (non-hydrogen) atoms. The quantitative estimate of drug-likeness (QED) is 0.607. The number of fused-ring (bicyclic) bond motifs is 1. The molecule has 0 unspecified atom stereocenters. The first-order chi connectivity index (χ1) is 11.0. The smallest absolute Gasteiger partial charge is 0.354 e. The maximum Gasteiger partial charge on any atom is 0.354 e. The minimum absolute atomic E-state index is 0.0181. The molecule has 0 saturated carbocycles. The number of aromatic nitrogens is 3. The molecule has 0 bridgehead atoms. The van der Waals surface area contributed by atoms with Crippen molar-refractivity contribution in [3.8, 4) is 5.69 Å². The van der Waals surface area contributed by atoms with Gasteiger partial charge >= 0.3 is 11.4 Å². The molecule has 2 aromatic rings. The van der Waals surface area contributed by atoms with Crippen molar-refractivity contribution in [2.75, 3.05) is 13.7 Å². The SMILES string of the molecule is CON=Cc1cc(-n2c(=O)n3n(c2=O)COCC3)c(Cl)cc1Cl. The molecule has 1 aliphatic heterocycles. The number of hydrogen-bond acceptors (Lipinski definition) is 5. The first-order valence-electron chi connectivity index (χ1n) is 6.61. The van der Waals surface area contributed by atoms with Gasteiger partial charge < -0.3 is 9.57 Å². The van der Waals surface area contributed by atoms with Gasteiger partial charge in [0, 0.05) is 5.56 Å². The van der Waals surface area contributed by atoms with Gasteiger partial charge in [0.05, 0.1) is 35.1 Å². The molecule has 0 spiro atoms. The Morgan fingerprint density at radius 3 is 2.65 bits per heavy atom. The Bertz CT molecular complexity index is 859. The predicted octanol–water partition coefficient (Wildman–Crippen LogP) is 1.08. The zero-order chi connectivity index (χ0) is 16.6. The Kier molecular flexibility index (Phi) is 4.29. The van der Waals surface area contributed by atoms with Crippen LogP contribution in [0.3, 0.4) is 0 Å². The summed E-state index contributed by atoms with van der Waals surface area (Å²) < 4.78 is 8.73. The summed E-state index contributed by atoms with van der Waals surface area (Å²) in [6, 6.07) is 2.95. The normalized spacial score (nSPS) is 14.2. The molecule has 0 saturated heterocycles. The molecular formula is C13H12Cl2N4O4. The van der Waals surface area contributed by atoms with Crippen molar-refractivity contribution >= 4 is 29.4 Å². The standard InChI is InChI=1S/C13H12Cl2N4O4/c1-22-16-6-8-4-11(10(15)5-9(8)14)19-12(20)17-2-3-23-7-18(17)13(19)21/h4-6H,2-3,7H2,1H3. The van der Waals surface area contributed by atoms with Crippen LogP contribution in [0.25, 0.3) is 5.69 Å². The summed E-state index contributed by atoms with van der Waals surface area (Å²) in [7, 11) is 1.39. The summed E-state index contributed by atoms with van der Waals surface area (Å²) in [5, 5.41) is 4.12. The predicted molar refractivity (Wildman–Crippen MR) is 84.9 cm³/mol. The third-order valence-corrected chi connectivity index (χ3v) is 4.01. The summed E-state index contributed by atoms with van der Waals surface area (Å²) in [5.41, 5.74) is -0.339. The lowest BCUT2D eigenvalue weighted by Gasteiger charge is -2.14. The van der Waals surface area contributed by atoms with Crippen LogP contribution in [0.4, 0.5) is 0 Å². The second kappa shape index (κ2) is 6.23. The lowest BCUT2D eigenvalue weighted by Crippen LogP contribution is -2.33. The number of benzene rings is 1. The van der Waals surface area contributed by atoms with Gasteiger partial charge in [-0.15, -0.1) is 0 Å². The topological polar surface area (TPSA) is 79.8 Å². The number of ether oxygens (including phenoxy) is 1. The van der Waals surface area contributed by atoms with Crippen LogP contribution >= 0.6 is 23.2 Å². The Labute approximate surface area is 140 Å². The highest BCUT2D eigenvalue weighted by Crippen LogP contribution is 2.26. The summed E-state index contributed by atoms with van der Waals surface area (Å²) in [6.45, 7) is 0.679. The van der Waals surface area contributed by atoms with Gasteiger partial charge in [0.15, 0.2) is 0 Å². The fraction of sp³-hybridized carbons (Fsp3) is 0.308. The van der Waals surface area contributed by atoms with Crippen LogP contribution < -0.4 is 11.4 Å². The van der Waals surface area contributed by atoms with Crippen molar-refractivity contribution in [1.82, 2.24) is 13.9 Å². The van der Waals surface area contributed by atoms with Crippen molar-refractivity contribution in [2.24, 2.45) is 5.16 Å². The Morgan fingerprint density at radius 1 is 1.22 bits per heavy atom. The van der Waals surface area contributed by atoms with Gasteiger partial charge in [0.1, 0.15) is 13.8 Å². The average molecular weight is 359 g/mol. The van der Waals surface area contributed by atoms with Crippen LogP contribution in [-0.2, 0) is 22.9 Å². The van der Waals surface area contributed by atoms with E-state index < -0.39 is 11.4 Å². The molecule has 1 aliphatic rings. The Balaban J connectivity index is 2.24. The molecule has 0 radical (unpaired) electrons. The van der Waals surface area contributed by atoms with Crippen molar-refractivity contribution in [1.29, 1.82) is 0 Å². The van der Waals surface area contributed by atoms with E-state index in [1.165, 1.54) is 34.8 Å². The van der Waals surface area contributed by atoms with Gasteiger partial charge in [-0.25, -0.2) is 23.5 Å². The molecule has 0 atom stereocenters. The lowest BCUT2D eigenvalue weighted by atomic mass is 10.2. The fourth-order valence-corrected chi connectivity index (χ4v) is 2.82. The minimum atomic E-state index is -0.534. The van der Waals surface area contributed by atoms with Crippen LogP contribution in [0.2, 0.25) is 10.0 Å². The van der Waals surface area contributed by atoms with Crippen molar-refractivity contribution in [3.05, 3.63) is 48.7 Å². The van der Waals surface area contributed by atoms with E-state index in [9.17, 15) is 9.59 Å². The number of hydrogen-bond donors (Lipinski definition) is 0. The number of oxime groups is 1. The van der Waals surface area contributed by atoms with Crippen molar-refractivity contribution in [3.63, 3.8) is 0 Å². The summed E-state index contributed by atoms with van der Waals surface area (Å²) >= 11 is 12.2. The summed E-state index contributed by atoms with van der Waals surface area (Å²) in [4.78, 5) is 29.6. The third kappa shape index (κ3) is 2.69. The first kappa shape index (κ1) is 15.9. The Morgan fingerprint density at radius 2 is 1.96 bits per heavy atom. The van der Waals surface area contributed by atoms with Crippen LogP contribution in [0.1, 0.15) is 5.56 Å². The van der Waals surface area contributed by atoms with Crippen LogP contribution in [0.15, 0.2) is 26.9 Å². The summed E-state index contributed by atoms with van der Waals surface area (Å²) in [5.74, 6) is 0. The number of halogens is 2. The Hall–Kier alpha value is -2.03. The molecular weight excluding hydrogens is 347 g/mol. The van der Waals surface area contributed by atoms with E-state index in [0.717, 1.165) is 4.57 Å². The van der Waals surface area contributed by atoms with Gasteiger partial charge in [0.2, 0.25) is 0 Å². The largest absolute Gasteiger partial charge is 0.399 e. The summed E-state index contributed by atoms with van der Waals surface area (Å²) in [6.07, 6.45) is 1.37. The third-order valence-electron chi connectivity index (χ3n) is 3.38.